The Balaban J connectivity index is 0.000000197. The lowest BCUT2D eigenvalue weighted by atomic mass is 10.1. The van der Waals surface area contributed by atoms with Gasteiger partial charge in [0, 0.05) is 19.1 Å². The van der Waals surface area contributed by atoms with E-state index in [1.807, 2.05) is 12.1 Å². The van der Waals surface area contributed by atoms with Crippen molar-refractivity contribution < 1.29 is 0 Å². The van der Waals surface area contributed by atoms with Gasteiger partial charge in [-0.2, -0.15) is 0 Å². The van der Waals surface area contributed by atoms with E-state index in [2.05, 4.69) is 65.7 Å². The molecule has 0 atom stereocenters. The summed E-state index contributed by atoms with van der Waals surface area (Å²) in [7, 11) is 0. The minimum absolute atomic E-state index is 0.480. The molecule has 1 aliphatic rings. The first-order valence-electron chi connectivity index (χ1n) is 10.0. The number of hydrogen-bond acceptors (Lipinski definition) is 3. The molecule has 1 aliphatic heterocycles. The smallest absolute Gasteiger partial charge is 0.0208 e. The van der Waals surface area contributed by atoms with Crippen molar-refractivity contribution in [1.29, 1.82) is 0 Å². The van der Waals surface area contributed by atoms with Gasteiger partial charge in [0.05, 0.1) is 0 Å². The molecule has 0 aliphatic carbocycles. The molecule has 0 radical (unpaired) electrons. The van der Waals surface area contributed by atoms with Crippen LogP contribution in [0, 0.1) is 0 Å². The minimum Gasteiger partial charge on any atom is -0.328 e. The maximum Gasteiger partial charge on any atom is 0.0208 e. The molecule has 0 spiro atoms. The van der Waals surface area contributed by atoms with E-state index in [0.717, 1.165) is 13.1 Å². The lowest BCUT2D eigenvalue weighted by molar-refractivity contribution is 0.210. The Labute approximate surface area is 159 Å². The molecule has 3 N–H and O–H groups in total. The van der Waals surface area contributed by atoms with Gasteiger partial charge < -0.3 is 16.0 Å². The number of hydrogen-bond donors (Lipinski definition) is 2. The second-order valence-corrected chi connectivity index (χ2v) is 7.11. The van der Waals surface area contributed by atoms with Gasteiger partial charge >= 0.3 is 0 Å². The van der Waals surface area contributed by atoms with Crippen molar-refractivity contribution in [2.45, 2.75) is 51.7 Å². The Hall–Kier alpha value is -1.68. The summed E-state index contributed by atoms with van der Waals surface area (Å²) in [5, 5.41) is 3.42. The number of nitrogens with one attached hydrogen (secondary N) is 1. The van der Waals surface area contributed by atoms with Crippen LogP contribution in [0.1, 0.15) is 43.7 Å². The molecule has 3 nitrogen and oxygen atoms in total. The van der Waals surface area contributed by atoms with Gasteiger partial charge in [-0.1, -0.05) is 74.0 Å². The van der Waals surface area contributed by atoms with E-state index in [0.29, 0.717) is 6.04 Å². The topological polar surface area (TPSA) is 41.3 Å². The highest BCUT2D eigenvalue weighted by Gasteiger charge is 2.14. The van der Waals surface area contributed by atoms with Gasteiger partial charge in [-0.15, -0.1) is 0 Å². The van der Waals surface area contributed by atoms with Crippen LogP contribution in [0.15, 0.2) is 60.7 Å². The van der Waals surface area contributed by atoms with E-state index in [9.17, 15) is 0 Å². The fraction of sp³-hybridized carbons (Fsp3) is 0.478. The highest BCUT2D eigenvalue weighted by molar-refractivity contribution is 5.16. The number of rotatable bonds is 7. The lowest BCUT2D eigenvalue weighted by Crippen LogP contribution is -2.39. The van der Waals surface area contributed by atoms with Crippen LogP contribution in [-0.2, 0) is 13.1 Å². The van der Waals surface area contributed by atoms with Crippen LogP contribution in [0.25, 0.3) is 0 Å². The summed E-state index contributed by atoms with van der Waals surface area (Å²) in [5.74, 6) is 0. The van der Waals surface area contributed by atoms with Gasteiger partial charge in [-0.25, -0.2) is 0 Å². The first kappa shape index (κ1) is 20.6. The molecule has 1 saturated heterocycles. The summed E-state index contributed by atoms with van der Waals surface area (Å²) < 4.78 is 0. The van der Waals surface area contributed by atoms with Crippen LogP contribution in [-0.4, -0.2) is 30.6 Å². The molecule has 3 heteroatoms. The Kier molecular flexibility index (Phi) is 10.0. The predicted octanol–water partition coefficient (Wildman–Crippen LogP) is 4.19. The van der Waals surface area contributed by atoms with Crippen LogP contribution < -0.4 is 11.1 Å². The molecule has 0 aromatic heterocycles. The fourth-order valence-corrected chi connectivity index (χ4v) is 3.10. The Morgan fingerprint density at radius 3 is 1.85 bits per heavy atom. The van der Waals surface area contributed by atoms with Gasteiger partial charge in [0.25, 0.3) is 0 Å². The molecule has 2 aromatic carbocycles. The molecular weight excluding hydrogens is 318 g/mol. The lowest BCUT2D eigenvalue weighted by Gasteiger charge is -2.29. The summed E-state index contributed by atoms with van der Waals surface area (Å²) in [6.07, 6.45) is 5.05. The van der Waals surface area contributed by atoms with Crippen molar-refractivity contribution in [3.63, 3.8) is 0 Å². The average molecular weight is 354 g/mol. The third kappa shape index (κ3) is 8.61. The number of likely N-dealkylation sites (tertiary alicyclic amines) is 1. The Bertz CT molecular complexity index is 520. The Morgan fingerprint density at radius 1 is 0.885 bits per heavy atom. The predicted molar refractivity (Wildman–Crippen MR) is 112 cm³/mol. The van der Waals surface area contributed by atoms with Crippen molar-refractivity contribution in [2.75, 3.05) is 19.6 Å². The average Bonchev–Trinajstić information content (AvgIpc) is 2.70. The van der Waals surface area contributed by atoms with Crippen molar-refractivity contribution in [1.82, 2.24) is 10.2 Å². The molecular formula is C23H35N3. The molecule has 2 aromatic rings. The van der Waals surface area contributed by atoms with E-state index in [-0.39, 0.29) is 0 Å². The number of unbranched alkanes of at least 4 members (excludes halogenated alkanes) is 1. The van der Waals surface area contributed by atoms with Crippen LogP contribution in [0.3, 0.4) is 0 Å². The van der Waals surface area contributed by atoms with E-state index >= 15 is 0 Å². The van der Waals surface area contributed by atoms with E-state index in [1.165, 1.54) is 56.4 Å². The second kappa shape index (κ2) is 12.6. The summed E-state index contributed by atoms with van der Waals surface area (Å²) in [5.41, 5.74) is 8.45. The van der Waals surface area contributed by atoms with Crippen LogP contribution in [0.4, 0.5) is 0 Å². The highest BCUT2D eigenvalue weighted by atomic mass is 15.1. The zero-order valence-electron chi connectivity index (χ0n) is 16.2. The normalized spacial score (nSPS) is 15.3. The maximum atomic E-state index is 5.80. The zero-order chi connectivity index (χ0) is 18.5. The first-order chi connectivity index (χ1) is 12.8. The summed E-state index contributed by atoms with van der Waals surface area (Å²) in [6, 6.07) is 21.4. The van der Waals surface area contributed by atoms with Crippen molar-refractivity contribution >= 4 is 0 Å². The molecule has 1 fully saturated rings. The molecule has 0 saturated carbocycles. The fourth-order valence-electron chi connectivity index (χ4n) is 3.10. The van der Waals surface area contributed by atoms with Crippen LogP contribution in [0.2, 0.25) is 0 Å². The standard InChI is InChI=1S/C14H15N.C9H20N2/c1-3-7-13(8-4-1)11-15-12-14-9-5-2-6-10-14;1-2-3-6-11-7-4-9(10)5-8-11/h1-10,15H,11-12H2;9H,2-8,10H2,1H3. The number of nitrogens with two attached hydrogens (primary N) is 1. The largest absolute Gasteiger partial charge is 0.328 e. The summed E-state index contributed by atoms with van der Waals surface area (Å²) in [6.45, 7) is 7.83. The van der Waals surface area contributed by atoms with Crippen molar-refractivity contribution in [3.05, 3.63) is 71.8 Å². The van der Waals surface area contributed by atoms with Crippen LogP contribution in [0.5, 0.6) is 0 Å². The zero-order valence-corrected chi connectivity index (χ0v) is 16.2. The first-order valence-corrected chi connectivity index (χ1v) is 10.0. The maximum absolute atomic E-state index is 5.80. The number of nitrogens with zero attached hydrogens (tertiary/aromatic N) is 1. The van der Waals surface area contributed by atoms with Crippen LogP contribution >= 0.6 is 0 Å². The van der Waals surface area contributed by atoms with Crippen molar-refractivity contribution in [2.24, 2.45) is 5.73 Å². The monoisotopic (exact) mass is 353 g/mol. The molecule has 26 heavy (non-hydrogen) atoms. The molecule has 1 heterocycles. The van der Waals surface area contributed by atoms with E-state index in [4.69, 9.17) is 5.73 Å². The van der Waals surface area contributed by atoms with Gasteiger partial charge in [-0.05, 0) is 50.0 Å². The van der Waals surface area contributed by atoms with Crippen molar-refractivity contribution in [3.8, 4) is 0 Å². The molecule has 142 valence electrons. The number of piperidine rings is 1. The quantitative estimate of drug-likeness (QED) is 0.784. The third-order valence-electron chi connectivity index (χ3n) is 4.80. The number of benzene rings is 2. The van der Waals surface area contributed by atoms with E-state index in [1.54, 1.807) is 0 Å². The van der Waals surface area contributed by atoms with Gasteiger partial charge in [0.2, 0.25) is 0 Å². The second-order valence-electron chi connectivity index (χ2n) is 7.11. The SMILES string of the molecule is CCCCN1CCC(N)CC1.c1ccc(CNCc2ccccc2)cc1. The Morgan fingerprint density at radius 2 is 1.38 bits per heavy atom. The van der Waals surface area contributed by atoms with Gasteiger partial charge in [-0.3, -0.25) is 0 Å². The third-order valence-corrected chi connectivity index (χ3v) is 4.80. The molecule has 0 bridgehead atoms. The summed E-state index contributed by atoms with van der Waals surface area (Å²) in [4.78, 5) is 2.53. The van der Waals surface area contributed by atoms with Gasteiger partial charge in [0.1, 0.15) is 0 Å². The van der Waals surface area contributed by atoms with Gasteiger partial charge in [0.15, 0.2) is 0 Å². The molecule has 0 unspecified atom stereocenters. The van der Waals surface area contributed by atoms with E-state index < -0.39 is 0 Å². The minimum atomic E-state index is 0.480. The molecule has 3 rings (SSSR count). The summed E-state index contributed by atoms with van der Waals surface area (Å²) >= 11 is 0. The molecule has 0 amide bonds. The highest BCUT2D eigenvalue weighted by Crippen LogP contribution is 2.08.